The van der Waals surface area contributed by atoms with Gasteiger partial charge in [0.2, 0.25) is 5.91 Å². The van der Waals surface area contributed by atoms with Crippen LogP contribution in [0.15, 0.2) is 35.9 Å². The average Bonchev–Trinajstić information content (AvgIpc) is 2.85. The van der Waals surface area contributed by atoms with Crippen LogP contribution in [0.2, 0.25) is 0 Å². The third-order valence-electron chi connectivity index (χ3n) is 5.24. The Morgan fingerprint density at radius 3 is 2.46 bits per heavy atom. The third-order valence-corrected chi connectivity index (χ3v) is 8.13. The van der Waals surface area contributed by atoms with Gasteiger partial charge in [0.25, 0.3) is 0 Å². The summed E-state index contributed by atoms with van der Waals surface area (Å²) in [5.74, 6) is -4.51. The lowest BCUT2D eigenvalue weighted by Gasteiger charge is -2.33. The number of carbonyl (C=O) groups is 4. The van der Waals surface area contributed by atoms with E-state index >= 15 is 0 Å². The predicted molar refractivity (Wildman–Crippen MR) is 142 cm³/mol. The molecule has 6 N–H and O–H groups in total. The minimum atomic E-state index is -1.25. The first-order valence-corrected chi connectivity index (χ1v) is 14.1. The summed E-state index contributed by atoms with van der Waals surface area (Å²) >= 11 is 0. The van der Waals surface area contributed by atoms with Gasteiger partial charge in [-0.15, -0.1) is 0 Å². The highest BCUT2D eigenvalue weighted by Gasteiger charge is 2.27. The van der Waals surface area contributed by atoms with Crippen LogP contribution in [0.25, 0.3) is 0 Å². The first-order valence-electron chi connectivity index (χ1n) is 11.7. The van der Waals surface area contributed by atoms with Crippen molar-refractivity contribution in [2.75, 3.05) is 18.8 Å². The molecule has 37 heavy (non-hydrogen) atoms. The maximum absolute atomic E-state index is 14.0. The molecule has 2 rings (SSSR count). The molecule has 1 saturated heterocycles. The number of hydrogen-bond donors (Lipinski definition) is 5. The van der Waals surface area contributed by atoms with Gasteiger partial charge >= 0.3 is 17.9 Å². The lowest BCUT2D eigenvalue weighted by atomic mass is 10.0. The summed E-state index contributed by atoms with van der Waals surface area (Å²) in [7, 11) is 2.52. The molecule has 0 aromatic heterocycles. The summed E-state index contributed by atoms with van der Waals surface area (Å²) in [6.07, 6.45) is 1.38. The van der Waals surface area contributed by atoms with Gasteiger partial charge < -0.3 is 26.4 Å². The van der Waals surface area contributed by atoms with E-state index in [0.29, 0.717) is 37.2 Å². The van der Waals surface area contributed by atoms with Gasteiger partial charge in [-0.1, -0.05) is 53.6 Å². The van der Waals surface area contributed by atoms with Gasteiger partial charge in [0.15, 0.2) is 0 Å². The Labute approximate surface area is 223 Å². The Kier molecular flexibility index (Phi) is 14.9. The van der Waals surface area contributed by atoms with E-state index in [0.717, 1.165) is 6.08 Å². The number of halogens is 1. The smallest absolute Gasteiger partial charge is 0.328 e. The Morgan fingerprint density at radius 1 is 1.19 bits per heavy atom. The van der Waals surface area contributed by atoms with Crippen molar-refractivity contribution in [3.8, 4) is 0 Å². The quantitative estimate of drug-likeness (QED) is 0.178. The van der Waals surface area contributed by atoms with E-state index in [2.05, 4.69) is 5.32 Å². The lowest BCUT2D eigenvalue weighted by molar-refractivity contribution is -0.141. The molecule has 1 heterocycles. The van der Waals surface area contributed by atoms with Gasteiger partial charge in [0.1, 0.15) is 17.9 Å². The van der Waals surface area contributed by atoms with E-state index in [1.807, 2.05) is 18.7 Å². The molecule has 206 valence electrons. The molecule has 0 saturated carbocycles. The van der Waals surface area contributed by atoms with Crippen molar-refractivity contribution in [3.63, 3.8) is 0 Å². The molecular formula is C24H34FN3O7S2. The number of nitrogens with two attached hydrogens (primary N) is 1. The molecule has 1 aromatic carbocycles. The van der Waals surface area contributed by atoms with Crippen molar-refractivity contribution >= 4 is 45.4 Å². The van der Waals surface area contributed by atoms with Gasteiger partial charge in [-0.2, -0.15) is 0 Å². The van der Waals surface area contributed by atoms with Crippen LogP contribution in [0.3, 0.4) is 0 Å². The summed E-state index contributed by atoms with van der Waals surface area (Å²) in [6.45, 7) is 5.28. The molecule has 1 amide bonds. The molecule has 3 unspecified atom stereocenters. The molecule has 10 nitrogen and oxygen atoms in total. The zero-order chi connectivity index (χ0) is 28.0. The second kappa shape index (κ2) is 17.0. The molecule has 0 radical (unpaired) electrons. The fourth-order valence-corrected chi connectivity index (χ4v) is 6.24. The first kappa shape index (κ1) is 32.4. The number of benzene rings is 1. The van der Waals surface area contributed by atoms with Crippen LogP contribution < -0.4 is 11.1 Å². The maximum Gasteiger partial charge on any atom is 0.328 e. The van der Waals surface area contributed by atoms with E-state index in [-0.39, 0.29) is 29.7 Å². The largest absolute Gasteiger partial charge is 0.480 e. The van der Waals surface area contributed by atoms with Crippen molar-refractivity contribution in [2.24, 2.45) is 5.73 Å². The molecule has 3 atom stereocenters. The Morgan fingerprint density at radius 2 is 1.86 bits per heavy atom. The number of carboxylic acid groups (broad SMARTS) is 3. The molecule has 1 fully saturated rings. The highest BCUT2D eigenvalue weighted by molar-refractivity contribution is 8.77. The van der Waals surface area contributed by atoms with Crippen LogP contribution in [-0.2, 0) is 25.7 Å². The number of aliphatic carboxylic acids is 3. The van der Waals surface area contributed by atoms with Crippen LogP contribution in [0.4, 0.5) is 4.39 Å². The molecule has 0 bridgehead atoms. The molecule has 0 spiro atoms. The normalized spacial score (nSPS) is 18.3. The Bertz CT molecular complexity index is 964. The lowest BCUT2D eigenvalue weighted by Crippen LogP contribution is -2.43. The average molecular weight is 560 g/mol. The molecular weight excluding hydrogens is 525 g/mol. The molecule has 1 aromatic rings. The monoisotopic (exact) mass is 559 g/mol. The van der Waals surface area contributed by atoms with Gasteiger partial charge in [-0.05, 0) is 24.5 Å². The van der Waals surface area contributed by atoms with E-state index in [1.165, 1.54) is 27.7 Å². The standard InChI is InChI=1S/C22H28FN3O7S2.C2H6/c23-15-4-2-1-3-13(15)10-26-8-7-18(14(11-26)9-20(28)29)35-34-12-17(22(32)33)25-19(27)6-5-16(24)21(30)31;1-2/h1-4,9,16-18H,5-8,10-12,24H2,(H,25,27)(H,28,29)(H,30,31)(H,32,33);1-2H3/b14-9-;. The summed E-state index contributed by atoms with van der Waals surface area (Å²) < 4.78 is 14.0. The zero-order valence-electron chi connectivity index (χ0n) is 20.8. The topological polar surface area (TPSA) is 170 Å². The van der Waals surface area contributed by atoms with Crippen molar-refractivity contribution < 1.29 is 38.9 Å². The van der Waals surface area contributed by atoms with Crippen molar-refractivity contribution in [1.29, 1.82) is 0 Å². The third kappa shape index (κ3) is 12.0. The minimum absolute atomic E-state index is 0.0204. The van der Waals surface area contributed by atoms with E-state index in [9.17, 15) is 33.8 Å². The van der Waals surface area contributed by atoms with Crippen LogP contribution >= 0.6 is 21.6 Å². The summed E-state index contributed by atoms with van der Waals surface area (Å²) in [5.41, 5.74) is 6.51. The van der Waals surface area contributed by atoms with E-state index < -0.39 is 35.9 Å². The van der Waals surface area contributed by atoms with Crippen molar-refractivity contribution in [3.05, 3.63) is 47.3 Å². The highest BCUT2D eigenvalue weighted by Crippen LogP contribution is 2.37. The van der Waals surface area contributed by atoms with Crippen LogP contribution in [0.1, 0.15) is 38.7 Å². The summed E-state index contributed by atoms with van der Waals surface area (Å²) in [4.78, 5) is 47.5. The van der Waals surface area contributed by atoms with Gasteiger partial charge in [-0.25, -0.2) is 14.0 Å². The second-order valence-electron chi connectivity index (χ2n) is 7.96. The summed E-state index contributed by atoms with van der Waals surface area (Å²) in [5, 5.41) is 29.6. The maximum atomic E-state index is 14.0. The van der Waals surface area contributed by atoms with Crippen molar-refractivity contribution in [1.82, 2.24) is 10.2 Å². The predicted octanol–water partition coefficient (Wildman–Crippen LogP) is 2.58. The molecule has 0 aliphatic carbocycles. The fourth-order valence-electron chi connectivity index (χ4n) is 3.37. The number of amides is 1. The number of carboxylic acids is 3. The Hall–Kier alpha value is -2.61. The zero-order valence-corrected chi connectivity index (χ0v) is 22.4. The number of nitrogens with one attached hydrogen (secondary N) is 1. The van der Waals surface area contributed by atoms with Gasteiger partial charge in [0.05, 0.1) is 0 Å². The second-order valence-corrected chi connectivity index (χ2v) is 10.6. The molecule has 13 heteroatoms. The number of rotatable bonds is 13. The van der Waals surface area contributed by atoms with E-state index in [1.54, 1.807) is 18.2 Å². The number of hydrogen-bond acceptors (Lipinski definition) is 8. The molecule has 1 aliphatic rings. The fraction of sp³-hybridized carbons (Fsp3) is 0.500. The number of likely N-dealkylation sites (tertiary alicyclic amines) is 1. The number of carbonyl (C=O) groups excluding carboxylic acids is 1. The Balaban J connectivity index is 0.00000334. The van der Waals surface area contributed by atoms with Crippen LogP contribution in [-0.4, -0.2) is 80.2 Å². The highest BCUT2D eigenvalue weighted by atomic mass is 33.1. The first-order chi connectivity index (χ1) is 17.6. The molecule has 1 aliphatic heterocycles. The minimum Gasteiger partial charge on any atom is -0.480 e. The SMILES string of the molecule is CC.NC(CCC(=O)NC(CSSC1CCN(Cc2ccccc2F)C/C1=C/C(=O)O)C(=O)O)C(=O)O. The van der Waals surface area contributed by atoms with Crippen LogP contribution in [0.5, 0.6) is 0 Å². The van der Waals surface area contributed by atoms with Crippen LogP contribution in [0, 0.1) is 5.82 Å². The van der Waals surface area contributed by atoms with Gasteiger partial charge in [-0.3, -0.25) is 14.5 Å². The van der Waals surface area contributed by atoms with E-state index in [4.69, 9.17) is 10.8 Å². The van der Waals surface area contributed by atoms with Crippen molar-refractivity contribution in [2.45, 2.75) is 57.0 Å². The summed E-state index contributed by atoms with van der Waals surface area (Å²) in [6, 6.07) is 3.99. The number of piperidine rings is 1. The number of nitrogens with zero attached hydrogens (tertiary/aromatic N) is 1. The van der Waals surface area contributed by atoms with Gasteiger partial charge in [0, 0.05) is 48.7 Å².